The second kappa shape index (κ2) is 5.02. The molecule has 7 nitrogen and oxygen atoms in total. The molecule has 0 amide bonds. The number of aromatic nitrogens is 2. The highest BCUT2D eigenvalue weighted by Crippen LogP contribution is 2.19. The van der Waals surface area contributed by atoms with E-state index in [0.29, 0.717) is 5.13 Å². The van der Waals surface area contributed by atoms with Crippen LogP contribution in [-0.4, -0.2) is 62.2 Å². The van der Waals surface area contributed by atoms with Gasteiger partial charge in [-0.2, -0.15) is 4.37 Å². The normalized spacial score (nSPS) is 34.9. The molecule has 90 valence electrons. The molecule has 0 bridgehead atoms. The third-order valence-corrected chi connectivity index (χ3v) is 3.08. The van der Waals surface area contributed by atoms with Gasteiger partial charge in [-0.3, -0.25) is 0 Å². The Kier molecular flexibility index (Phi) is 3.66. The minimum Gasteiger partial charge on any atom is -0.394 e. The molecule has 4 N–H and O–H groups in total. The Morgan fingerprint density at radius 1 is 1.50 bits per heavy atom. The zero-order chi connectivity index (χ0) is 11.5. The van der Waals surface area contributed by atoms with Crippen LogP contribution in [-0.2, 0) is 4.74 Å². The summed E-state index contributed by atoms with van der Waals surface area (Å²) in [6.45, 7) is -0.118. The Labute approximate surface area is 95.9 Å². The van der Waals surface area contributed by atoms with E-state index in [1.807, 2.05) is 0 Å². The molecule has 0 radical (unpaired) electrons. The fourth-order valence-electron chi connectivity index (χ4n) is 1.57. The minimum absolute atomic E-state index is 0.197. The molecular formula is C8H13N3O4S. The Hall–Kier alpha value is -0.800. The molecule has 8 heteroatoms. The van der Waals surface area contributed by atoms with Gasteiger partial charge in [0.2, 0.25) is 5.13 Å². The third-order valence-electron chi connectivity index (χ3n) is 2.48. The van der Waals surface area contributed by atoms with Crippen LogP contribution in [0.15, 0.2) is 6.33 Å². The number of aliphatic hydroxyl groups excluding tert-OH is 3. The Morgan fingerprint density at radius 2 is 2.31 bits per heavy atom. The molecule has 0 aliphatic carbocycles. The van der Waals surface area contributed by atoms with Crippen LogP contribution in [0.3, 0.4) is 0 Å². The zero-order valence-corrected chi connectivity index (χ0v) is 9.17. The summed E-state index contributed by atoms with van der Waals surface area (Å²) in [5.74, 6) is 0. The van der Waals surface area contributed by atoms with E-state index >= 15 is 0 Å². The quantitative estimate of drug-likeness (QED) is 0.511. The Morgan fingerprint density at radius 3 is 2.94 bits per heavy atom. The highest BCUT2D eigenvalue weighted by molar-refractivity contribution is 7.09. The van der Waals surface area contributed by atoms with Crippen molar-refractivity contribution in [2.75, 3.05) is 18.5 Å². The molecule has 0 aromatic carbocycles. The highest BCUT2D eigenvalue weighted by atomic mass is 32.1. The van der Waals surface area contributed by atoms with Crippen LogP contribution in [0.25, 0.3) is 0 Å². The summed E-state index contributed by atoms with van der Waals surface area (Å²) in [5, 5.41) is 31.8. The van der Waals surface area contributed by atoms with Gasteiger partial charge in [0.05, 0.1) is 19.3 Å². The molecular weight excluding hydrogens is 234 g/mol. The lowest BCUT2D eigenvalue weighted by Gasteiger charge is -2.36. The fraction of sp³-hybridized carbons (Fsp3) is 0.750. The van der Waals surface area contributed by atoms with Gasteiger partial charge < -0.3 is 25.4 Å². The SMILES string of the molecule is OC[C@H]1OC[C@@H](Nc2ncns2)[C@@H](O)[C@H]1O. The first kappa shape index (κ1) is 11.7. The predicted octanol–water partition coefficient (Wildman–Crippen LogP) is -1.57. The Balaban J connectivity index is 1.97. The van der Waals surface area contributed by atoms with E-state index in [1.54, 1.807) is 0 Å². The third kappa shape index (κ3) is 2.30. The van der Waals surface area contributed by atoms with Crippen LogP contribution in [0.5, 0.6) is 0 Å². The number of hydrogen-bond acceptors (Lipinski definition) is 8. The molecule has 1 aromatic heterocycles. The second-order valence-electron chi connectivity index (χ2n) is 3.53. The van der Waals surface area contributed by atoms with Crippen LogP contribution in [0, 0.1) is 0 Å². The van der Waals surface area contributed by atoms with Crippen molar-refractivity contribution < 1.29 is 20.1 Å². The molecule has 4 atom stereocenters. The maximum Gasteiger partial charge on any atom is 0.202 e. The highest BCUT2D eigenvalue weighted by Gasteiger charge is 2.38. The monoisotopic (exact) mass is 247 g/mol. The molecule has 2 rings (SSSR count). The molecule has 1 aromatic rings. The Bertz CT molecular complexity index is 323. The van der Waals surface area contributed by atoms with Crippen LogP contribution >= 0.6 is 11.5 Å². The average molecular weight is 247 g/mol. The van der Waals surface area contributed by atoms with Gasteiger partial charge in [-0.1, -0.05) is 0 Å². The lowest BCUT2D eigenvalue weighted by molar-refractivity contribution is -0.152. The second-order valence-corrected chi connectivity index (χ2v) is 4.31. The molecule has 1 aliphatic rings. The largest absolute Gasteiger partial charge is 0.394 e. The lowest BCUT2D eigenvalue weighted by atomic mass is 9.99. The van der Waals surface area contributed by atoms with E-state index < -0.39 is 24.4 Å². The van der Waals surface area contributed by atoms with E-state index in [-0.39, 0.29) is 13.2 Å². The number of aliphatic hydroxyl groups is 3. The maximum atomic E-state index is 9.79. The first-order valence-electron chi connectivity index (χ1n) is 4.84. The number of rotatable bonds is 3. The van der Waals surface area contributed by atoms with Crippen LogP contribution in [0.2, 0.25) is 0 Å². The summed E-state index contributed by atoms with van der Waals surface area (Å²) in [7, 11) is 0. The number of nitrogens with zero attached hydrogens (tertiary/aromatic N) is 2. The van der Waals surface area contributed by atoms with Crippen molar-refractivity contribution in [1.29, 1.82) is 0 Å². The molecule has 0 unspecified atom stereocenters. The van der Waals surface area contributed by atoms with Crippen molar-refractivity contribution in [2.45, 2.75) is 24.4 Å². The van der Waals surface area contributed by atoms with Crippen molar-refractivity contribution in [3.8, 4) is 0 Å². The minimum atomic E-state index is -1.11. The standard InChI is InChI=1S/C8H13N3O4S/c12-1-5-7(14)6(13)4(2-15-5)11-8-9-3-10-16-8/h3-7,12-14H,1-2H2,(H,9,10,11)/t4-,5-,6-,7+/m1/s1. The number of anilines is 1. The number of hydrogen-bond donors (Lipinski definition) is 4. The van der Waals surface area contributed by atoms with E-state index in [2.05, 4.69) is 14.7 Å². The first-order chi connectivity index (χ1) is 7.72. The van der Waals surface area contributed by atoms with Gasteiger partial charge in [0.1, 0.15) is 24.6 Å². The van der Waals surface area contributed by atoms with Gasteiger partial charge in [-0.15, -0.1) is 0 Å². The molecule has 0 saturated carbocycles. The molecule has 1 fully saturated rings. The zero-order valence-electron chi connectivity index (χ0n) is 8.35. The molecule has 0 spiro atoms. The summed E-state index contributed by atoms with van der Waals surface area (Å²) in [5.41, 5.74) is 0. The summed E-state index contributed by atoms with van der Waals surface area (Å²) in [6.07, 6.45) is -1.45. The van der Waals surface area contributed by atoms with Crippen molar-refractivity contribution in [3.63, 3.8) is 0 Å². The fourth-order valence-corrected chi connectivity index (χ4v) is 2.06. The van der Waals surface area contributed by atoms with Gasteiger partial charge in [0.15, 0.2) is 0 Å². The molecule has 1 saturated heterocycles. The summed E-state index contributed by atoms with van der Waals surface area (Å²) in [4.78, 5) is 3.91. The van der Waals surface area contributed by atoms with E-state index in [9.17, 15) is 10.2 Å². The van der Waals surface area contributed by atoms with Gasteiger partial charge in [0.25, 0.3) is 0 Å². The van der Waals surface area contributed by atoms with Crippen LogP contribution in [0.1, 0.15) is 0 Å². The van der Waals surface area contributed by atoms with Crippen molar-refractivity contribution in [3.05, 3.63) is 6.33 Å². The van der Waals surface area contributed by atoms with E-state index in [1.165, 1.54) is 6.33 Å². The molecule has 1 aliphatic heterocycles. The number of ether oxygens (including phenoxy) is 1. The van der Waals surface area contributed by atoms with Gasteiger partial charge in [-0.25, -0.2) is 4.98 Å². The molecule has 16 heavy (non-hydrogen) atoms. The van der Waals surface area contributed by atoms with E-state index in [0.717, 1.165) is 11.5 Å². The number of nitrogens with one attached hydrogen (secondary N) is 1. The smallest absolute Gasteiger partial charge is 0.202 e. The van der Waals surface area contributed by atoms with E-state index in [4.69, 9.17) is 9.84 Å². The van der Waals surface area contributed by atoms with Crippen LogP contribution in [0.4, 0.5) is 5.13 Å². The van der Waals surface area contributed by atoms with Crippen molar-refractivity contribution >= 4 is 16.7 Å². The average Bonchev–Trinajstić information content (AvgIpc) is 2.78. The topological polar surface area (TPSA) is 108 Å². The van der Waals surface area contributed by atoms with Gasteiger partial charge >= 0.3 is 0 Å². The van der Waals surface area contributed by atoms with Crippen molar-refractivity contribution in [1.82, 2.24) is 9.36 Å². The first-order valence-corrected chi connectivity index (χ1v) is 5.61. The van der Waals surface area contributed by atoms with Crippen molar-refractivity contribution in [2.24, 2.45) is 0 Å². The summed E-state index contributed by atoms with van der Waals surface area (Å²) in [6, 6.07) is -0.453. The summed E-state index contributed by atoms with van der Waals surface area (Å²) < 4.78 is 9.01. The van der Waals surface area contributed by atoms with Gasteiger partial charge in [-0.05, 0) is 0 Å². The maximum absolute atomic E-state index is 9.79. The van der Waals surface area contributed by atoms with Gasteiger partial charge in [0, 0.05) is 11.5 Å². The lowest BCUT2D eigenvalue weighted by Crippen LogP contribution is -2.56. The van der Waals surface area contributed by atoms with Crippen LogP contribution < -0.4 is 5.32 Å². The predicted molar refractivity (Wildman–Crippen MR) is 56.2 cm³/mol. The molecule has 2 heterocycles. The summed E-state index contributed by atoms with van der Waals surface area (Å²) >= 11 is 1.16.